The first-order valence-corrected chi connectivity index (χ1v) is 5.86. The Morgan fingerprint density at radius 3 is 2.81 bits per heavy atom. The topological polar surface area (TPSA) is 37.8 Å². The van der Waals surface area contributed by atoms with Crippen LogP contribution in [-0.4, -0.2) is 23.1 Å². The number of piperidine rings is 1. The fourth-order valence-electron chi connectivity index (χ4n) is 2.32. The maximum Gasteiger partial charge on any atom is 0.0890 e. The molecule has 1 aliphatic rings. The molecule has 0 amide bonds. The molecule has 0 bridgehead atoms. The van der Waals surface area contributed by atoms with E-state index in [1.165, 1.54) is 18.5 Å². The van der Waals surface area contributed by atoms with E-state index >= 15 is 0 Å². The minimum absolute atomic E-state index is 0.617. The maximum absolute atomic E-state index is 4.71. The molecule has 0 radical (unpaired) electrons. The molecule has 0 unspecified atom stereocenters. The lowest BCUT2D eigenvalue weighted by molar-refractivity contribution is 0.454. The summed E-state index contributed by atoms with van der Waals surface area (Å²) in [7, 11) is 0. The monoisotopic (exact) mass is 213 g/mol. The molecule has 1 N–H and O–H groups in total. The van der Waals surface area contributed by atoms with E-state index in [0.717, 1.165) is 24.1 Å². The number of nitrogens with one attached hydrogen (secondary N) is 1. The zero-order valence-corrected chi connectivity index (χ0v) is 9.19. The van der Waals surface area contributed by atoms with Gasteiger partial charge in [0.1, 0.15) is 0 Å². The maximum atomic E-state index is 4.71. The lowest BCUT2D eigenvalue weighted by Crippen LogP contribution is -2.27. The summed E-state index contributed by atoms with van der Waals surface area (Å²) in [5.74, 6) is 0.617. The lowest BCUT2D eigenvalue weighted by Gasteiger charge is -2.22. The van der Waals surface area contributed by atoms with Gasteiger partial charge in [-0.1, -0.05) is 0 Å². The van der Waals surface area contributed by atoms with Crippen LogP contribution in [0.1, 0.15) is 24.5 Å². The molecule has 3 nitrogen and oxygen atoms in total. The van der Waals surface area contributed by atoms with Crippen molar-refractivity contribution >= 4 is 11.0 Å². The van der Waals surface area contributed by atoms with Crippen molar-refractivity contribution in [1.29, 1.82) is 0 Å². The van der Waals surface area contributed by atoms with E-state index < -0.39 is 0 Å². The van der Waals surface area contributed by atoms with Crippen LogP contribution >= 0.6 is 0 Å². The number of fused-ring (bicyclic) bond motifs is 1. The first-order chi connectivity index (χ1) is 7.93. The second kappa shape index (κ2) is 4.18. The number of pyridine rings is 2. The first-order valence-electron chi connectivity index (χ1n) is 5.86. The Labute approximate surface area is 94.9 Å². The van der Waals surface area contributed by atoms with Crippen LogP contribution in [0.2, 0.25) is 0 Å². The van der Waals surface area contributed by atoms with Gasteiger partial charge < -0.3 is 5.32 Å². The van der Waals surface area contributed by atoms with Crippen molar-refractivity contribution in [1.82, 2.24) is 15.3 Å². The van der Waals surface area contributed by atoms with E-state index in [2.05, 4.69) is 22.4 Å². The Bertz CT molecular complexity index is 489. The molecule has 2 aromatic heterocycles. The molecule has 3 heterocycles. The number of hydrogen-bond acceptors (Lipinski definition) is 3. The number of nitrogens with zero attached hydrogens (tertiary/aromatic N) is 2. The number of rotatable bonds is 1. The SMILES string of the molecule is c1cnc2ccc(C3CCNCC3)nc2c1. The smallest absolute Gasteiger partial charge is 0.0890 e. The Balaban J connectivity index is 1.97. The molecule has 0 saturated carbocycles. The van der Waals surface area contributed by atoms with Crippen molar-refractivity contribution < 1.29 is 0 Å². The van der Waals surface area contributed by atoms with E-state index in [9.17, 15) is 0 Å². The molecular formula is C13H15N3. The third kappa shape index (κ3) is 1.78. The van der Waals surface area contributed by atoms with Gasteiger partial charge in [-0.25, -0.2) is 0 Å². The normalized spacial score (nSPS) is 17.8. The molecule has 82 valence electrons. The Kier molecular flexibility index (Phi) is 2.54. The van der Waals surface area contributed by atoms with E-state index in [-0.39, 0.29) is 0 Å². The summed E-state index contributed by atoms with van der Waals surface area (Å²) in [4.78, 5) is 9.00. The van der Waals surface area contributed by atoms with Crippen LogP contribution in [-0.2, 0) is 0 Å². The summed E-state index contributed by atoms with van der Waals surface area (Å²) >= 11 is 0. The van der Waals surface area contributed by atoms with E-state index in [0.29, 0.717) is 5.92 Å². The molecule has 16 heavy (non-hydrogen) atoms. The van der Waals surface area contributed by atoms with Gasteiger partial charge in [-0.15, -0.1) is 0 Å². The van der Waals surface area contributed by atoms with Crippen molar-refractivity contribution in [2.75, 3.05) is 13.1 Å². The predicted molar refractivity (Wildman–Crippen MR) is 64.4 cm³/mol. The fourth-order valence-corrected chi connectivity index (χ4v) is 2.32. The summed E-state index contributed by atoms with van der Waals surface area (Å²) in [6, 6.07) is 8.19. The highest BCUT2D eigenvalue weighted by Gasteiger charge is 2.16. The summed E-state index contributed by atoms with van der Waals surface area (Å²) in [5.41, 5.74) is 3.22. The highest BCUT2D eigenvalue weighted by molar-refractivity contribution is 5.73. The van der Waals surface area contributed by atoms with Crippen molar-refractivity contribution in [2.45, 2.75) is 18.8 Å². The minimum atomic E-state index is 0.617. The summed E-state index contributed by atoms with van der Waals surface area (Å²) in [6.07, 6.45) is 4.20. The van der Waals surface area contributed by atoms with Gasteiger partial charge in [0.25, 0.3) is 0 Å². The largest absolute Gasteiger partial charge is 0.317 e. The van der Waals surface area contributed by atoms with Crippen LogP contribution < -0.4 is 5.32 Å². The molecule has 1 saturated heterocycles. The van der Waals surface area contributed by atoms with Crippen LogP contribution in [0.4, 0.5) is 0 Å². The zero-order chi connectivity index (χ0) is 10.8. The Hall–Kier alpha value is -1.48. The number of hydrogen-bond donors (Lipinski definition) is 1. The van der Waals surface area contributed by atoms with E-state index in [4.69, 9.17) is 4.98 Å². The third-order valence-corrected chi connectivity index (χ3v) is 3.24. The first kappa shape index (κ1) is 9.73. The van der Waals surface area contributed by atoms with E-state index in [1.807, 2.05) is 18.3 Å². The van der Waals surface area contributed by atoms with Crippen LogP contribution in [0.15, 0.2) is 30.5 Å². The van der Waals surface area contributed by atoms with E-state index in [1.54, 1.807) is 0 Å². The van der Waals surface area contributed by atoms with Gasteiger partial charge in [0.2, 0.25) is 0 Å². The average molecular weight is 213 g/mol. The number of aromatic nitrogens is 2. The standard InChI is InChI=1S/C13H15N3/c1-2-13-12(15-7-1)4-3-11(16-13)10-5-8-14-9-6-10/h1-4,7,10,14H,5-6,8-9H2. The molecule has 1 aliphatic heterocycles. The Morgan fingerprint density at radius 2 is 1.94 bits per heavy atom. The molecule has 2 aromatic rings. The molecular weight excluding hydrogens is 198 g/mol. The quantitative estimate of drug-likeness (QED) is 0.788. The molecule has 3 rings (SSSR count). The fraction of sp³-hybridized carbons (Fsp3) is 0.385. The molecule has 1 fully saturated rings. The third-order valence-electron chi connectivity index (χ3n) is 3.24. The molecule has 0 spiro atoms. The highest BCUT2D eigenvalue weighted by atomic mass is 14.9. The second-order valence-corrected chi connectivity index (χ2v) is 4.30. The van der Waals surface area contributed by atoms with Gasteiger partial charge in [0.05, 0.1) is 11.0 Å². The van der Waals surface area contributed by atoms with Gasteiger partial charge in [0.15, 0.2) is 0 Å². The van der Waals surface area contributed by atoms with Crippen molar-refractivity contribution in [3.63, 3.8) is 0 Å². The van der Waals surface area contributed by atoms with Gasteiger partial charge in [-0.2, -0.15) is 0 Å². The van der Waals surface area contributed by atoms with Crippen molar-refractivity contribution in [2.24, 2.45) is 0 Å². The predicted octanol–water partition coefficient (Wildman–Crippen LogP) is 2.10. The van der Waals surface area contributed by atoms with Crippen LogP contribution in [0, 0.1) is 0 Å². The van der Waals surface area contributed by atoms with Crippen molar-refractivity contribution in [3.8, 4) is 0 Å². The van der Waals surface area contributed by atoms with Crippen LogP contribution in [0.3, 0.4) is 0 Å². The summed E-state index contributed by atoms with van der Waals surface area (Å²) < 4.78 is 0. The Morgan fingerprint density at radius 1 is 1.06 bits per heavy atom. The second-order valence-electron chi connectivity index (χ2n) is 4.30. The van der Waals surface area contributed by atoms with Gasteiger partial charge >= 0.3 is 0 Å². The molecule has 3 heteroatoms. The molecule has 0 aromatic carbocycles. The average Bonchev–Trinajstić information content (AvgIpc) is 2.39. The molecule has 0 aliphatic carbocycles. The summed E-state index contributed by atoms with van der Waals surface area (Å²) in [6.45, 7) is 2.22. The van der Waals surface area contributed by atoms with Gasteiger partial charge in [-0.3, -0.25) is 9.97 Å². The van der Waals surface area contributed by atoms with Crippen molar-refractivity contribution in [3.05, 3.63) is 36.2 Å². The summed E-state index contributed by atoms with van der Waals surface area (Å²) in [5, 5.41) is 3.38. The minimum Gasteiger partial charge on any atom is -0.317 e. The van der Waals surface area contributed by atoms with Crippen LogP contribution in [0.5, 0.6) is 0 Å². The highest BCUT2D eigenvalue weighted by Crippen LogP contribution is 2.24. The molecule has 0 atom stereocenters. The van der Waals surface area contributed by atoms with Crippen LogP contribution in [0.25, 0.3) is 11.0 Å². The lowest BCUT2D eigenvalue weighted by atomic mass is 9.94. The van der Waals surface area contributed by atoms with Gasteiger partial charge in [-0.05, 0) is 50.2 Å². The van der Waals surface area contributed by atoms with Gasteiger partial charge in [0, 0.05) is 17.8 Å². The zero-order valence-electron chi connectivity index (χ0n) is 9.19.